The van der Waals surface area contributed by atoms with Crippen molar-refractivity contribution in [2.45, 2.75) is 58.0 Å². The number of aromatic nitrogens is 3. The molecule has 0 bridgehead atoms. The zero-order valence-electron chi connectivity index (χ0n) is 15.9. The van der Waals surface area contributed by atoms with E-state index in [4.69, 9.17) is 9.47 Å². The molecule has 8 heteroatoms. The molecule has 2 atom stereocenters. The lowest BCUT2D eigenvalue weighted by Crippen LogP contribution is -2.23. The average Bonchev–Trinajstić information content (AvgIpc) is 3.02. The Morgan fingerprint density at radius 3 is 2.96 bits per heavy atom. The summed E-state index contributed by atoms with van der Waals surface area (Å²) >= 11 is 0. The molecule has 1 aliphatic rings. The molecular weight excluding hydrogens is 351 g/mol. The quantitative estimate of drug-likeness (QED) is 0.743. The van der Waals surface area contributed by atoms with Crippen LogP contribution in [0.4, 0.5) is 9.18 Å². The van der Waals surface area contributed by atoms with Gasteiger partial charge in [0, 0.05) is 24.4 Å². The molecule has 0 aromatic carbocycles. The van der Waals surface area contributed by atoms with Gasteiger partial charge in [-0.3, -0.25) is 4.40 Å². The minimum atomic E-state index is -0.877. The number of rotatable bonds is 4. The van der Waals surface area contributed by atoms with Gasteiger partial charge in [0.05, 0.1) is 0 Å². The molecule has 1 amide bonds. The molecule has 7 nitrogen and oxygen atoms in total. The largest absolute Gasteiger partial charge is 0.463 e. The maximum Gasteiger partial charge on any atom is 0.433 e. The van der Waals surface area contributed by atoms with E-state index in [0.717, 1.165) is 31.5 Å². The molecule has 1 fully saturated rings. The fraction of sp³-hybridized carbons (Fsp3) is 0.579. The van der Waals surface area contributed by atoms with E-state index >= 15 is 0 Å². The first-order valence-electron chi connectivity index (χ1n) is 9.16. The van der Waals surface area contributed by atoms with Crippen molar-refractivity contribution in [1.29, 1.82) is 0 Å². The van der Waals surface area contributed by atoms with E-state index < -0.39 is 18.6 Å². The standard InChI is InChI=1S/C19H25FN4O3/c1-19(2,3)27-18(25)21-11-13-5-4-6-14(9-13)17-23-22-16-10-15(26-12-20)7-8-24(16)17/h7-8,10-11,13-14H,4-6,9,12H2,1-3H3/t13?,14-/m0/s1. The highest BCUT2D eigenvalue weighted by Crippen LogP contribution is 2.35. The van der Waals surface area contributed by atoms with Crippen molar-refractivity contribution in [2.75, 3.05) is 6.86 Å². The van der Waals surface area contributed by atoms with Crippen molar-refractivity contribution in [3.05, 3.63) is 24.2 Å². The number of pyridine rings is 1. The van der Waals surface area contributed by atoms with Gasteiger partial charge in [-0.05, 0) is 52.0 Å². The summed E-state index contributed by atoms with van der Waals surface area (Å²) in [6.07, 6.45) is 6.79. The number of hydrogen-bond acceptors (Lipinski definition) is 5. The van der Waals surface area contributed by atoms with Crippen molar-refractivity contribution < 1.29 is 18.7 Å². The summed E-state index contributed by atoms with van der Waals surface area (Å²) in [7, 11) is 0. The number of fused-ring (bicyclic) bond motifs is 1. The van der Waals surface area contributed by atoms with Gasteiger partial charge in [-0.15, -0.1) is 10.2 Å². The van der Waals surface area contributed by atoms with E-state index in [0.29, 0.717) is 11.4 Å². The van der Waals surface area contributed by atoms with Crippen LogP contribution in [-0.4, -0.2) is 39.4 Å². The van der Waals surface area contributed by atoms with Crippen LogP contribution in [0.15, 0.2) is 23.3 Å². The highest BCUT2D eigenvalue weighted by atomic mass is 19.1. The topological polar surface area (TPSA) is 78.1 Å². The van der Waals surface area contributed by atoms with E-state index in [1.54, 1.807) is 24.5 Å². The Balaban J connectivity index is 1.69. The maximum atomic E-state index is 12.3. The molecule has 3 rings (SSSR count). The summed E-state index contributed by atoms with van der Waals surface area (Å²) in [5, 5.41) is 8.50. The van der Waals surface area contributed by atoms with Crippen LogP contribution in [0.25, 0.3) is 5.65 Å². The summed E-state index contributed by atoms with van der Waals surface area (Å²) in [5.74, 6) is 1.71. The first-order chi connectivity index (χ1) is 12.9. The molecule has 2 aromatic heterocycles. The van der Waals surface area contributed by atoms with E-state index in [2.05, 4.69) is 15.2 Å². The minimum absolute atomic E-state index is 0.192. The molecule has 146 valence electrons. The fourth-order valence-corrected chi connectivity index (χ4v) is 3.37. The Morgan fingerprint density at radius 1 is 1.41 bits per heavy atom. The monoisotopic (exact) mass is 376 g/mol. The first kappa shape index (κ1) is 19.3. The minimum Gasteiger partial charge on any atom is -0.463 e. The van der Waals surface area contributed by atoms with Gasteiger partial charge in [-0.25, -0.2) is 9.18 Å². The molecule has 0 saturated heterocycles. The molecule has 0 spiro atoms. The molecule has 1 unspecified atom stereocenters. The number of hydrogen-bond donors (Lipinski definition) is 0. The Morgan fingerprint density at radius 2 is 2.22 bits per heavy atom. The fourth-order valence-electron chi connectivity index (χ4n) is 3.37. The van der Waals surface area contributed by atoms with Crippen LogP contribution in [0, 0.1) is 5.92 Å². The smallest absolute Gasteiger partial charge is 0.433 e. The second-order valence-corrected chi connectivity index (χ2v) is 7.78. The second-order valence-electron chi connectivity index (χ2n) is 7.78. The van der Waals surface area contributed by atoms with Crippen molar-refractivity contribution in [2.24, 2.45) is 10.9 Å². The maximum absolute atomic E-state index is 12.3. The Labute approximate surface area is 157 Å². The SMILES string of the molecule is CC(C)(C)OC(=O)N=CC1CCC[C@H](c2nnc3cc(OCF)ccn23)C1. The van der Waals surface area contributed by atoms with Crippen LogP contribution in [0.1, 0.15) is 58.2 Å². The molecule has 0 radical (unpaired) electrons. The van der Waals surface area contributed by atoms with Crippen LogP contribution in [0.2, 0.25) is 0 Å². The van der Waals surface area contributed by atoms with E-state index in [-0.39, 0.29) is 11.8 Å². The van der Waals surface area contributed by atoms with Crippen LogP contribution >= 0.6 is 0 Å². The van der Waals surface area contributed by atoms with Gasteiger partial charge in [0.15, 0.2) is 5.65 Å². The molecule has 1 aliphatic carbocycles. The van der Waals surface area contributed by atoms with Crippen molar-refractivity contribution in [3.8, 4) is 5.75 Å². The van der Waals surface area contributed by atoms with Crippen molar-refractivity contribution >= 4 is 18.0 Å². The lowest BCUT2D eigenvalue weighted by molar-refractivity contribution is 0.0604. The lowest BCUT2D eigenvalue weighted by Gasteiger charge is -2.25. The average molecular weight is 376 g/mol. The third-order valence-electron chi connectivity index (χ3n) is 4.49. The van der Waals surface area contributed by atoms with Crippen molar-refractivity contribution in [1.82, 2.24) is 14.6 Å². The van der Waals surface area contributed by atoms with E-state index in [1.165, 1.54) is 0 Å². The molecule has 0 aliphatic heterocycles. The summed E-state index contributed by atoms with van der Waals surface area (Å²) in [6.45, 7) is 4.57. The number of ether oxygens (including phenoxy) is 2. The predicted molar refractivity (Wildman–Crippen MR) is 99.0 cm³/mol. The Kier molecular flexibility index (Phi) is 5.72. The van der Waals surface area contributed by atoms with Crippen LogP contribution < -0.4 is 4.74 Å². The number of alkyl halides is 1. The van der Waals surface area contributed by atoms with Crippen molar-refractivity contribution in [3.63, 3.8) is 0 Å². The predicted octanol–water partition coefficient (Wildman–Crippen LogP) is 4.31. The first-order valence-corrected chi connectivity index (χ1v) is 9.16. The third kappa shape index (κ3) is 5.02. The summed E-state index contributed by atoms with van der Waals surface area (Å²) < 4.78 is 24.3. The summed E-state index contributed by atoms with van der Waals surface area (Å²) in [5.41, 5.74) is 0.0785. The van der Waals surface area contributed by atoms with Crippen LogP contribution in [-0.2, 0) is 4.74 Å². The third-order valence-corrected chi connectivity index (χ3v) is 4.49. The molecule has 2 heterocycles. The van der Waals surface area contributed by atoms with Gasteiger partial charge in [-0.2, -0.15) is 4.99 Å². The van der Waals surface area contributed by atoms with Gasteiger partial charge in [-0.1, -0.05) is 6.42 Å². The Hall–Kier alpha value is -2.51. The number of amides is 1. The Bertz CT molecular complexity index is 828. The summed E-state index contributed by atoms with van der Waals surface area (Å²) in [6, 6.07) is 3.37. The number of aliphatic imine (C=N–C) groups is 1. The number of carbonyl (C=O) groups excluding carboxylic acids is 1. The highest BCUT2D eigenvalue weighted by molar-refractivity contribution is 5.80. The van der Waals surface area contributed by atoms with Gasteiger partial charge in [0.2, 0.25) is 6.86 Å². The molecule has 0 N–H and O–H groups in total. The van der Waals surface area contributed by atoms with E-state index in [9.17, 15) is 9.18 Å². The summed E-state index contributed by atoms with van der Waals surface area (Å²) in [4.78, 5) is 15.7. The normalized spacial score (nSPS) is 20.9. The highest BCUT2D eigenvalue weighted by Gasteiger charge is 2.26. The van der Waals surface area contributed by atoms with Gasteiger partial charge < -0.3 is 9.47 Å². The number of carbonyl (C=O) groups is 1. The lowest BCUT2D eigenvalue weighted by atomic mass is 9.81. The molecule has 1 saturated carbocycles. The molecular formula is C19H25FN4O3. The second kappa shape index (κ2) is 8.02. The van der Waals surface area contributed by atoms with E-state index in [1.807, 2.05) is 25.2 Å². The number of nitrogens with zero attached hydrogens (tertiary/aromatic N) is 4. The van der Waals surface area contributed by atoms with Crippen LogP contribution in [0.3, 0.4) is 0 Å². The number of halogens is 1. The van der Waals surface area contributed by atoms with Crippen LogP contribution in [0.5, 0.6) is 5.75 Å². The zero-order chi connectivity index (χ0) is 19.4. The molecule has 27 heavy (non-hydrogen) atoms. The zero-order valence-corrected chi connectivity index (χ0v) is 15.9. The van der Waals surface area contributed by atoms with Gasteiger partial charge in [0.1, 0.15) is 17.2 Å². The van der Waals surface area contributed by atoms with Gasteiger partial charge >= 0.3 is 6.09 Å². The van der Waals surface area contributed by atoms with Gasteiger partial charge in [0.25, 0.3) is 0 Å². The molecule has 2 aromatic rings.